The molecule has 0 radical (unpaired) electrons. The van der Waals surface area contributed by atoms with Crippen LogP contribution in [0.3, 0.4) is 0 Å². The zero-order valence-electron chi connectivity index (χ0n) is 11.0. The molecule has 0 aromatic heterocycles. The summed E-state index contributed by atoms with van der Waals surface area (Å²) in [6.45, 7) is 0. The molecular formula is C15H20F2S2. The first-order valence-electron chi connectivity index (χ1n) is 6.84. The monoisotopic (exact) mass is 302 g/mol. The lowest BCUT2D eigenvalue weighted by atomic mass is 9.84. The number of halogens is 2. The third-order valence-electron chi connectivity index (χ3n) is 3.94. The first kappa shape index (κ1) is 15.2. The van der Waals surface area contributed by atoms with E-state index in [0.29, 0.717) is 0 Å². The van der Waals surface area contributed by atoms with E-state index in [2.05, 4.69) is 12.6 Å². The summed E-state index contributed by atoms with van der Waals surface area (Å²) in [7, 11) is 0. The number of hydrogen-bond acceptors (Lipinski definition) is 2. The zero-order chi connectivity index (χ0) is 13.7. The Morgan fingerprint density at radius 1 is 1.05 bits per heavy atom. The van der Waals surface area contributed by atoms with E-state index in [4.69, 9.17) is 0 Å². The minimum atomic E-state index is -0.775. The van der Waals surface area contributed by atoms with E-state index in [1.807, 2.05) is 0 Å². The summed E-state index contributed by atoms with van der Waals surface area (Å²) < 4.78 is 26.1. The van der Waals surface area contributed by atoms with Gasteiger partial charge in [-0.25, -0.2) is 8.78 Å². The second-order valence-corrected chi connectivity index (χ2v) is 6.80. The van der Waals surface area contributed by atoms with Crippen LogP contribution in [0.1, 0.15) is 38.5 Å². The summed E-state index contributed by atoms with van der Waals surface area (Å²) in [4.78, 5) is 0.810. The minimum Gasteiger partial charge on any atom is -0.204 e. The van der Waals surface area contributed by atoms with Crippen LogP contribution >= 0.6 is 24.4 Å². The van der Waals surface area contributed by atoms with Crippen LogP contribution in [0.25, 0.3) is 0 Å². The molecule has 0 unspecified atom stereocenters. The van der Waals surface area contributed by atoms with Crippen molar-refractivity contribution in [2.24, 2.45) is 5.41 Å². The van der Waals surface area contributed by atoms with Crippen LogP contribution in [0.5, 0.6) is 0 Å². The van der Waals surface area contributed by atoms with E-state index in [-0.39, 0.29) is 5.41 Å². The number of thiol groups is 1. The molecule has 0 bridgehead atoms. The number of rotatable bonds is 4. The van der Waals surface area contributed by atoms with Gasteiger partial charge in [0.15, 0.2) is 11.6 Å². The van der Waals surface area contributed by atoms with Gasteiger partial charge in [0, 0.05) is 10.6 Å². The van der Waals surface area contributed by atoms with Crippen LogP contribution in [0, 0.1) is 17.0 Å². The average molecular weight is 302 g/mol. The highest BCUT2D eigenvalue weighted by Crippen LogP contribution is 2.40. The van der Waals surface area contributed by atoms with Crippen LogP contribution < -0.4 is 0 Å². The second kappa shape index (κ2) is 6.98. The van der Waals surface area contributed by atoms with Crippen LogP contribution in [0.15, 0.2) is 23.1 Å². The fraction of sp³-hybridized carbons (Fsp3) is 0.600. The van der Waals surface area contributed by atoms with Crippen molar-refractivity contribution in [1.29, 1.82) is 0 Å². The van der Waals surface area contributed by atoms with Crippen LogP contribution in [-0.4, -0.2) is 11.5 Å². The minimum absolute atomic E-state index is 0.259. The Balaban J connectivity index is 2.00. The van der Waals surface area contributed by atoms with E-state index in [1.165, 1.54) is 50.7 Å². The molecule has 0 amide bonds. The van der Waals surface area contributed by atoms with Crippen LogP contribution in [-0.2, 0) is 0 Å². The van der Waals surface area contributed by atoms with Gasteiger partial charge in [0.05, 0.1) is 0 Å². The Morgan fingerprint density at radius 2 is 1.74 bits per heavy atom. The lowest BCUT2D eigenvalue weighted by Crippen LogP contribution is -2.25. The van der Waals surface area contributed by atoms with Crippen molar-refractivity contribution < 1.29 is 8.78 Å². The molecule has 1 aliphatic carbocycles. The topological polar surface area (TPSA) is 0 Å². The van der Waals surface area contributed by atoms with Gasteiger partial charge in [0.2, 0.25) is 0 Å². The molecule has 1 aromatic rings. The summed E-state index contributed by atoms with van der Waals surface area (Å²) in [5.74, 6) is 0.291. The smallest absolute Gasteiger partial charge is 0.159 e. The van der Waals surface area contributed by atoms with Crippen molar-refractivity contribution in [2.45, 2.75) is 43.4 Å². The molecule has 4 heteroatoms. The van der Waals surface area contributed by atoms with Crippen LogP contribution in [0.2, 0.25) is 0 Å². The molecule has 0 aliphatic heterocycles. The van der Waals surface area contributed by atoms with Crippen LogP contribution in [0.4, 0.5) is 8.78 Å². The van der Waals surface area contributed by atoms with Crippen molar-refractivity contribution >= 4 is 24.4 Å². The molecule has 106 valence electrons. The SMILES string of the molecule is Fc1ccc(SCC2(CS)CCCCCC2)cc1F. The van der Waals surface area contributed by atoms with Gasteiger partial charge in [-0.3, -0.25) is 0 Å². The summed E-state index contributed by atoms with van der Waals surface area (Å²) in [6, 6.07) is 4.16. The Bertz CT molecular complexity index is 413. The molecule has 2 rings (SSSR count). The molecular weight excluding hydrogens is 282 g/mol. The fourth-order valence-electron chi connectivity index (χ4n) is 2.63. The molecule has 0 spiro atoms. The average Bonchev–Trinajstić information content (AvgIpc) is 2.66. The molecule has 0 N–H and O–H groups in total. The van der Waals surface area contributed by atoms with Gasteiger partial charge < -0.3 is 0 Å². The maximum atomic E-state index is 13.2. The van der Waals surface area contributed by atoms with Gasteiger partial charge in [-0.1, -0.05) is 25.7 Å². The zero-order valence-corrected chi connectivity index (χ0v) is 12.7. The normalized spacial score (nSPS) is 19.1. The van der Waals surface area contributed by atoms with E-state index >= 15 is 0 Å². The largest absolute Gasteiger partial charge is 0.204 e. The molecule has 1 aromatic carbocycles. The molecule has 1 fully saturated rings. The highest BCUT2D eigenvalue weighted by Gasteiger charge is 2.29. The molecule has 1 aliphatic rings. The van der Waals surface area contributed by atoms with E-state index < -0.39 is 11.6 Å². The van der Waals surface area contributed by atoms with E-state index in [0.717, 1.165) is 16.4 Å². The molecule has 1 saturated carbocycles. The van der Waals surface area contributed by atoms with Crippen molar-refractivity contribution in [1.82, 2.24) is 0 Å². The highest BCUT2D eigenvalue weighted by atomic mass is 32.2. The molecule has 19 heavy (non-hydrogen) atoms. The Kier molecular flexibility index (Phi) is 5.58. The Hall–Kier alpha value is -0.220. The molecule has 0 heterocycles. The van der Waals surface area contributed by atoms with Gasteiger partial charge in [0.1, 0.15) is 0 Å². The summed E-state index contributed by atoms with van der Waals surface area (Å²) in [6.07, 6.45) is 7.55. The highest BCUT2D eigenvalue weighted by molar-refractivity contribution is 7.99. The molecule has 0 atom stereocenters. The standard InChI is InChI=1S/C15H20F2S2/c16-13-6-5-12(9-14(13)17)19-11-15(10-18)7-3-1-2-4-8-15/h5-6,9,18H,1-4,7-8,10-11H2. The first-order valence-corrected chi connectivity index (χ1v) is 8.46. The fourth-order valence-corrected chi connectivity index (χ4v) is 4.42. The summed E-state index contributed by atoms with van der Waals surface area (Å²) >= 11 is 6.16. The Morgan fingerprint density at radius 3 is 2.32 bits per heavy atom. The lowest BCUT2D eigenvalue weighted by molar-refractivity contribution is 0.332. The van der Waals surface area contributed by atoms with E-state index in [1.54, 1.807) is 17.8 Å². The Labute approximate surface area is 123 Å². The summed E-state index contributed by atoms with van der Waals surface area (Å²) in [5, 5.41) is 0. The third kappa shape index (κ3) is 4.12. The number of thioether (sulfide) groups is 1. The van der Waals surface area contributed by atoms with Crippen molar-refractivity contribution in [3.05, 3.63) is 29.8 Å². The predicted molar refractivity (Wildman–Crippen MR) is 81.1 cm³/mol. The number of hydrogen-bond donors (Lipinski definition) is 1. The predicted octanol–water partition coefficient (Wildman–Crippen LogP) is 5.33. The third-order valence-corrected chi connectivity index (χ3v) is 5.95. The van der Waals surface area contributed by atoms with Gasteiger partial charge in [-0.2, -0.15) is 12.6 Å². The van der Waals surface area contributed by atoms with Crippen molar-refractivity contribution in [2.75, 3.05) is 11.5 Å². The van der Waals surface area contributed by atoms with Crippen molar-refractivity contribution in [3.8, 4) is 0 Å². The number of benzene rings is 1. The lowest BCUT2D eigenvalue weighted by Gasteiger charge is -2.30. The molecule has 0 saturated heterocycles. The maximum absolute atomic E-state index is 13.2. The van der Waals surface area contributed by atoms with Gasteiger partial charge in [-0.05, 0) is 42.2 Å². The summed E-state index contributed by atoms with van der Waals surface area (Å²) in [5.41, 5.74) is 0.259. The quantitative estimate of drug-likeness (QED) is 0.446. The maximum Gasteiger partial charge on any atom is 0.159 e. The van der Waals surface area contributed by atoms with Crippen molar-refractivity contribution in [3.63, 3.8) is 0 Å². The van der Waals surface area contributed by atoms with Gasteiger partial charge in [-0.15, -0.1) is 11.8 Å². The van der Waals surface area contributed by atoms with Gasteiger partial charge >= 0.3 is 0 Å². The molecule has 0 nitrogen and oxygen atoms in total. The first-order chi connectivity index (χ1) is 9.15. The van der Waals surface area contributed by atoms with E-state index in [9.17, 15) is 8.78 Å². The van der Waals surface area contributed by atoms with Gasteiger partial charge in [0.25, 0.3) is 0 Å². The second-order valence-electron chi connectivity index (χ2n) is 5.44.